The summed E-state index contributed by atoms with van der Waals surface area (Å²) in [5, 5.41) is 8.35. The predicted molar refractivity (Wildman–Crippen MR) is 121 cm³/mol. The molecule has 0 radical (unpaired) electrons. The van der Waals surface area contributed by atoms with E-state index in [0.717, 1.165) is 58.3 Å². The summed E-state index contributed by atoms with van der Waals surface area (Å²) in [6, 6.07) is 6.11. The molecule has 1 fully saturated rings. The number of hydrogen-bond acceptors (Lipinski definition) is 6. The van der Waals surface area contributed by atoms with E-state index in [1.165, 1.54) is 32.1 Å². The number of fused-ring (bicyclic) bond motifs is 2. The van der Waals surface area contributed by atoms with Crippen molar-refractivity contribution in [1.82, 2.24) is 19.7 Å². The Morgan fingerprint density at radius 1 is 1.06 bits per heavy atom. The van der Waals surface area contributed by atoms with E-state index in [4.69, 9.17) is 24.5 Å². The molecule has 3 heterocycles. The van der Waals surface area contributed by atoms with Crippen molar-refractivity contribution in [3.63, 3.8) is 0 Å². The molecule has 1 N–H and O–H groups in total. The fourth-order valence-electron chi connectivity index (χ4n) is 4.71. The number of ether oxygens (including phenoxy) is 2. The Labute approximate surface area is 183 Å². The van der Waals surface area contributed by atoms with Crippen LogP contribution < -0.4 is 14.8 Å². The number of hydrogen-bond donors (Lipinski definition) is 1. The number of nitrogens with zero attached hydrogens (tertiary/aromatic N) is 4. The van der Waals surface area contributed by atoms with Crippen LogP contribution in [0.4, 0.5) is 5.82 Å². The Morgan fingerprint density at radius 2 is 1.87 bits per heavy atom. The van der Waals surface area contributed by atoms with Crippen molar-refractivity contribution in [2.24, 2.45) is 7.05 Å². The molecule has 0 unspecified atom stereocenters. The molecular formula is C24H31N5O2. The lowest BCUT2D eigenvalue weighted by molar-refractivity contribution is 0.171. The fraction of sp³-hybridized carbons (Fsp3) is 0.542. The largest absolute Gasteiger partial charge is 0.486 e. The standard InChI is InChI=1S/C24H31N5O2/c1-3-7-18-21-22(29(2)28-18)24(27-23(26-21)17-8-5-4-6-9-17)25-15-16-10-11-19-20(14-16)31-13-12-30-19/h10-11,14,17H,3-9,12-13,15H2,1-2H3,(H,25,26,27). The van der Waals surface area contributed by atoms with Crippen LogP contribution in [0.1, 0.15) is 68.4 Å². The summed E-state index contributed by atoms with van der Waals surface area (Å²) in [5.74, 6) is 3.92. The molecule has 164 valence electrons. The van der Waals surface area contributed by atoms with Crippen molar-refractivity contribution >= 4 is 16.9 Å². The average molecular weight is 422 g/mol. The zero-order valence-corrected chi connectivity index (χ0v) is 18.5. The van der Waals surface area contributed by atoms with E-state index >= 15 is 0 Å². The maximum Gasteiger partial charge on any atom is 0.161 e. The van der Waals surface area contributed by atoms with Crippen molar-refractivity contribution in [3.05, 3.63) is 35.3 Å². The molecule has 1 aromatic carbocycles. The zero-order valence-electron chi connectivity index (χ0n) is 18.5. The molecular weight excluding hydrogens is 390 g/mol. The lowest BCUT2D eigenvalue weighted by atomic mass is 9.88. The zero-order chi connectivity index (χ0) is 21.2. The monoisotopic (exact) mass is 421 g/mol. The number of anilines is 1. The summed E-state index contributed by atoms with van der Waals surface area (Å²) in [6.45, 7) is 4.04. The van der Waals surface area contributed by atoms with Crippen LogP contribution in [0.3, 0.4) is 0 Å². The minimum absolute atomic E-state index is 0.447. The maximum atomic E-state index is 5.74. The molecule has 7 heteroatoms. The van der Waals surface area contributed by atoms with E-state index in [9.17, 15) is 0 Å². The first-order chi connectivity index (χ1) is 15.2. The van der Waals surface area contributed by atoms with Crippen LogP contribution in [0.5, 0.6) is 11.5 Å². The average Bonchev–Trinajstić information content (AvgIpc) is 3.13. The smallest absolute Gasteiger partial charge is 0.161 e. The summed E-state index contributed by atoms with van der Waals surface area (Å²) in [4.78, 5) is 10.1. The minimum atomic E-state index is 0.447. The van der Waals surface area contributed by atoms with E-state index in [1.807, 2.05) is 23.9 Å². The van der Waals surface area contributed by atoms with Gasteiger partial charge in [0.1, 0.15) is 30.1 Å². The van der Waals surface area contributed by atoms with Gasteiger partial charge in [-0.25, -0.2) is 9.97 Å². The van der Waals surface area contributed by atoms with Gasteiger partial charge in [0.25, 0.3) is 0 Å². The van der Waals surface area contributed by atoms with Crippen molar-refractivity contribution in [3.8, 4) is 11.5 Å². The Bertz CT molecular complexity index is 1070. The van der Waals surface area contributed by atoms with E-state index in [2.05, 4.69) is 18.3 Å². The number of nitrogens with one attached hydrogen (secondary N) is 1. The molecule has 3 aromatic rings. The van der Waals surface area contributed by atoms with Gasteiger partial charge in [-0.05, 0) is 37.0 Å². The second-order valence-electron chi connectivity index (χ2n) is 8.61. The van der Waals surface area contributed by atoms with Gasteiger partial charge < -0.3 is 14.8 Å². The van der Waals surface area contributed by atoms with Crippen molar-refractivity contribution in [2.45, 2.75) is 64.3 Å². The molecule has 1 aliphatic heterocycles. The van der Waals surface area contributed by atoms with E-state index in [0.29, 0.717) is 25.7 Å². The van der Waals surface area contributed by atoms with Crippen LogP contribution in [0.2, 0.25) is 0 Å². The Balaban J connectivity index is 1.48. The predicted octanol–water partition coefficient (Wildman–Crippen LogP) is 4.75. The van der Waals surface area contributed by atoms with Gasteiger partial charge in [0, 0.05) is 19.5 Å². The van der Waals surface area contributed by atoms with E-state index < -0.39 is 0 Å². The van der Waals surface area contributed by atoms with Gasteiger partial charge in [-0.15, -0.1) is 0 Å². The highest BCUT2D eigenvalue weighted by atomic mass is 16.6. The summed E-state index contributed by atoms with van der Waals surface area (Å²) < 4.78 is 13.3. The van der Waals surface area contributed by atoms with Gasteiger partial charge in [-0.2, -0.15) is 5.10 Å². The fourth-order valence-corrected chi connectivity index (χ4v) is 4.71. The molecule has 0 atom stereocenters. The summed E-state index contributed by atoms with van der Waals surface area (Å²) in [5.41, 5.74) is 4.19. The van der Waals surface area contributed by atoms with Crippen molar-refractivity contribution in [2.75, 3.05) is 18.5 Å². The molecule has 0 spiro atoms. The molecule has 7 nitrogen and oxygen atoms in total. The van der Waals surface area contributed by atoms with Crippen LogP contribution in [-0.4, -0.2) is 33.0 Å². The van der Waals surface area contributed by atoms with Gasteiger partial charge in [-0.3, -0.25) is 4.68 Å². The molecule has 5 rings (SSSR count). The molecule has 0 saturated heterocycles. The van der Waals surface area contributed by atoms with Gasteiger partial charge in [0.2, 0.25) is 0 Å². The second kappa shape index (κ2) is 8.73. The van der Waals surface area contributed by atoms with E-state index in [-0.39, 0.29) is 0 Å². The lowest BCUT2D eigenvalue weighted by Crippen LogP contribution is -2.16. The Kier molecular flexibility index (Phi) is 5.66. The molecule has 1 saturated carbocycles. The minimum Gasteiger partial charge on any atom is -0.486 e. The van der Waals surface area contributed by atoms with Crippen LogP contribution in [0, 0.1) is 0 Å². The first-order valence-electron chi connectivity index (χ1n) is 11.6. The lowest BCUT2D eigenvalue weighted by Gasteiger charge is -2.21. The number of rotatable bonds is 6. The third-order valence-corrected chi connectivity index (χ3v) is 6.29. The Morgan fingerprint density at radius 3 is 2.68 bits per heavy atom. The number of aryl methyl sites for hydroxylation is 2. The first kappa shape index (κ1) is 20.1. The van der Waals surface area contributed by atoms with Crippen molar-refractivity contribution in [1.29, 1.82) is 0 Å². The molecule has 0 amide bonds. The summed E-state index contributed by atoms with van der Waals surface area (Å²) >= 11 is 0. The van der Waals surface area contributed by atoms with Gasteiger partial charge in [0.05, 0.1) is 5.69 Å². The van der Waals surface area contributed by atoms with Crippen molar-refractivity contribution < 1.29 is 9.47 Å². The first-order valence-corrected chi connectivity index (χ1v) is 11.6. The molecule has 2 aliphatic rings. The highest BCUT2D eigenvalue weighted by Crippen LogP contribution is 2.34. The summed E-state index contributed by atoms with van der Waals surface area (Å²) in [6.07, 6.45) is 8.19. The highest BCUT2D eigenvalue weighted by Gasteiger charge is 2.23. The van der Waals surface area contributed by atoms with Gasteiger partial charge in [-0.1, -0.05) is 38.7 Å². The molecule has 2 aromatic heterocycles. The molecule has 0 bridgehead atoms. The number of benzene rings is 1. The SMILES string of the molecule is CCCc1nn(C)c2c(NCc3ccc4c(c3)OCCO4)nc(C3CCCCC3)nc12. The normalized spacial score (nSPS) is 16.6. The quantitative estimate of drug-likeness (QED) is 0.619. The molecule has 1 aliphatic carbocycles. The number of aromatic nitrogens is 4. The maximum absolute atomic E-state index is 5.74. The van der Waals surface area contributed by atoms with E-state index in [1.54, 1.807) is 0 Å². The highest BCUT2D eigenvalue weighted by molar-refractivity contribution is 5.87. The van der Waals surface area contributed by atoms with Crippen LogP contribution in [0.25, 0.3) is 11.0 Å². The summed E-state index contributed by atoms with van der Waals surface area (Å²) in [7, 11) is 1.99. The molecule has 31 heavy (non-hydrogen) atoms. The third-order valence-electron chi connectivity index (χ3n) is 6.29. The van der Waals surface area contributed by atoms with Gasteiger partial charge in [0.15, 0.2) is 17.3 Å². The van der Waals surface area contributed by atoms with Crippen LogP contribution in [0.15, 0.2) is 18.2 Å². The topological polar surface area (TPSA) is 74.1 Å². The third kappa shape index (κ3) is 4.05. The second-order valence-corrected chi connectivity index (χ2v) is 8.61. The van der Waals surface area contributed by atoms with Crippen LogP contribution >= 0.6 is 0 Å². The van der Waals surface area contributed by atoms with Gasteiger partial charge >= 0.3 is 0 Å². The Hall–Kier alpha value is -2.83. The van der Waals surface area contributed by atoms with Crippen LogP contribution in [-0.2, 0) is 20.0 Å².